The molecule has 4 aromatic rings. The number of aromatic nitrogens is 2. The lowest BCUT2D eigenvalue weighted by Crippen LogP contribution is -2.14. The molecule has 0 aliphatic carbocycles. The van der Waals surface area contributed by atoms with Gasteiger partial charge < -0.3 is 19.8 Å². The van der Waals surface area contributed by atoms with Gasteiger partial charge in [0.1, 0.15) is 12.4 Å². The summed E-state index contributed by atoms with van der Waals surface area (Å²) in [6.07, 6.45) is 0. The lowest BCUT2D eigenvalue weighted by molar-refractivity contribution is 0.269. The molecule has 0 saturated carbocycles. The zero-order valence-corrected chi connectivity index (χ0v) is 19.7. The zero-order chi connectivity index (χ0) is 22.5. The van der Waals surface area contributed by atoms with E-state index in [1.807, 2.05) is 49.4 Å². The van der Waals surface area contributed by atoms with Crippen molar-refractivity contribution in [2.75, 3.05) is 6.61 Å². The monoisotopic (exact) mass is 489 g/mol. The number of halogens is 3. The van der Waals surface area contributed by atoms with E-state index in [2.05, 4.69) is 15.3 Å². The molecule has 0 spiro atoms. The van der Waals surface area contributed by atoms with E-state index in [1.54, 1.807) is 12.1 Å². The number of imidazole rings is 1. The maximum absolute atomic E-state index is 6.55. The van der Waals surface area contributed by atoms with Crippen LogP contribution in [0.1, 0.15) is 23.9 Å². The summed E-state index contributed by atoms with van der Waals surface area (Å²) in [4.78, 5) is 7.89. The summed E-state index contributed by atoms with van der Waals surface area (Å²) in [5, 5.41) is 4.98. The van der Waals surface area contributed by atoms with E-state index in [0.29, 0.717) is 46.3 Å². The van der Waals surface area contributed by atoms with Crippen molar-refractivity contribution in [1.29, 1.82) is 0 Å². The van der Waals surface area contributed by atoms with E-state index in [1.165, 1.54) is 0 Å². The number of H-pyrrole nitrogens is 1. The van der Waals surface area contributed by atoms with E-state index in [0.717, 1.165) is 28.0 Å². The van der Waals surface area contributed by atoms with E-state index < -0.39 is 0 Å². The number of benzene rings is 3. The average molecular weight is 491 g/mol. The molecule has 0 amide bonds. The van der Waals surface area contributed by atoms with E-state index >= 15 is 0 Å². The van der Waals surface area contributed by atoms with Crippen molar-refractivity contribution in [2.45, 2.75) is 26.6 Å². The highest BCUT2D eigenvalue weighted by Crippen LogP contribution is 2.37. The lowest BCUT2D eigenvalue weighted by atomic mass is 10.2. The van der Waals surface area contributed by atoms with Crippen LogP contribution in [0.2, 0.25) is 15.1 Å². The van der Waals surface area contributed by atoms with Crippen molar-refractivity contribution in [3.05, 3.63) is 86.6 Å². The van der Waals surface area contributed by atoms with Crippen LogP contribution in [0, 0.1) is 0 Å². The van der Waals surface area contributed by atoms with Gasteiger partial charge in [-0.25, -0.2) is 4.98 Å². The molecular formula is C24H22Cl3N3O2. The minimum atomic E-state index is 0.249. The summed E-state index contributed by atoms with van der Waals surface area (Å²) in [6.45, 7) is 3.85. The standard InChI is InChI=1S/C24H22Cl3N3O2/c1-2-31-22-10-15(12-28-13-23-29-20-5-3-4-6-21(20)30-23)9-19(27)24(22)32-14-16-7-8-17(25)11-18(16)26/h3-11,28H,2,12-14H2,1H3,(H,29,30). The van der Waals surface area contributed by atoms with Gasteiger partial charge in [0.25, 0.3) is 0 Å². The summed E-state index contributed by atoms with van der Waals surface area (Å²) < 4.78 is 11.8. The van der Waals surface area contributed by atoms with Gasteiger partial charge in [-0.2, -0.15) is 0 Å². The summed E-state index contributed by atoms with van der Waals surface area (Å²) in [5.74, 6) is 1.95. The fourth-order valence-corrected chi connectivity index (χ4v) is 4.08. The van der Waals surface area contributed by atoms with Crippen molar-refractivity contribution in [3.63, 3.8) is 0 Å². The van der Waals surface area contributed by atoms with Gasteiger partial charge in [0, 0.05) is 22.2 Å². The van der Waals surface area contributed by atoms with Crippen LogP contribution < -0.4 is 14.8 Å². The van der Waals surface area contributed by atoms with E-state index in [4.69, 9.17) is 44.3 Å². The van der Waals surface area contributed by atoms with Crippen LogP contribution in [-0.2, 0) is 19.7 Å². The largest absolute Gasteiger partial charge is 0.490 e. The number of aromatic amines is 1. The van der Waals surface area contributed by atoms with Crippen molar-refractivity contribution in [2.24, 2.45) is 0 Å². The Kier molecular flexibility index (Phi) is 7.43. The molecule has 32 heavy (non-hydrogen) atoms. The summed E-state index contributed by atoms with van der Waals surface area (Å²) >= 11 is 18.8. The molecule has 0 fully saturated rings. The molecule has 0 aliphatic heterocycles. The number of nitrogens with one attached hydrogen (secondary N) is 2. The Labute approximate surface area is 201 Å². The van der Waals surface area contributed by atoms with Crippen LogP contribution in [0.15, 0.2) is 54.6 Å². The normalized spacial score (nSPS) is 11.1. The number of hydrogen-bond donors (Lipinski definition) is 2. The van der Waals surface area contributed by atoms with E-state index in [9.17, 15) is 0 Å². The fourth-order valence-electron chi connectivity index (χ4n) is 3.33. The van der Waals surface area contributed by atoms with Gasteiger partial charge in [0.15, 0.2) is 11.5 Å². The number of nitrogens with zero attached hydrogens (tertiary/aromatic N) is 1. The Hall–Kier alpha value is -2.44. The molecular weight excluding hydrogens is 469 g/mol. The lowest BCUT2D eigenvalue weighted by Gasteiger charge is -2.16. The third-order valence-electron chi connectivity index (χ3n) is 4.82. The Morgan fingerprint density at radius 3 is 2.56 bits per heavy atom. The average Bonchev–Trinajstić information content (AvgIpc) is 3.17. The van der Waals surface area contributed by atoms with Crippen molar-refractivity contribution < 1.29 is 9.47 Å². The Morgan fingerprint density at radius 1 is 0.938 bits per heavy atom. The molecule has 4 rings (SSSR count). The molecule has 2 N–H and O–H groups in total. The first-order chi connectivity index (χ1) is 15.5. The molecule has 0 radical (unpaired) electrons. The van der Waals surface area contributed by atoms with Gasteiger partial charge in [0.05, 0.1) is 29.2 Å². The van der Waals surface area contributed by atoms with Crippen LogP contribution in [-0.4, -0.2) is 16.6 Å². The number of hydrogen-bond acceptors (Lipinski definition) is 4. The molecule has 5 nitrogen and oxygen atoms in total. The molecule has 0 atom stereocenters. The Bertz CT molecular complexity index is 1190. The van der Waals surface area contributed by atoms with Gasteiger partial charge in [-0.15, -0.1) is 0 Å². The fraction of sp³-hybridized carbons (Fsp3) is 0.208. The third-order valence-corrected chi connectivity index (χ3v) is 5.68. The summed E-state index contributed by atoms with van der Waals surface area (Å²) in [5.41, 5.74) is 3.76. The predicted molar refractivity (Wildman–Crippen MR) is 130 cm³/mol. The number of rotatable bonds is 9. The summed E-state index contributed by atoms with van der Waals surface area (Å²) in [7, 11) is 0. The van der Waals surface area contributed by atoms with E-state index in [-0.39, 0.29) is 6.61 Å². The first-order valence-electron chi connectivity index (χ1n) is 10.2. The van der Waals surface area contributed by atoms with Gasteiger partial charge in [0.2, 0.25) is 0 Å². The highest BCUT2D eigenvalue weighted by atomic mass is 35.5. The van der Waals surface area contributed by atoms with Crippen LogP contribution in [0.25, 0.3) is 11.0 Å². The van der Waals surface area contributed by atoms with Crippen molar-refractivity contribution in [3.8, 4) is 11.5 Å². The number of para-hydroxylation sites is 2. The molecule has 0 bridgehead atoms. The topological polar surface area (TPSA) is 59.2 Å². The maximum Gasteiger partial charge on any atom is 0.180 e. The molecule has 1 aromatic heterocycles. The Balaban J connectivity index is 1.44. The van der Waals surface area contributed by atoms with Crippen LogP contribution in [0.5, 0.6) is 11.5 Å². The van der Waals surface area contributed by atoms with Gasteiger partial charge in [-0.1, -0.05) is 53.0 Å². The van der Waals surface area contributed by atoms with Crippen molar-refractivity contribution in [1.82, 2.24) is 15.3 Å². The molecule has 3 aromatic carbocycles. The Morgan fingerprint density at radius 2 is 1.78 bits per heavy atom. The van der Waals surface area contributed by atoms with Crippen LogP contribution in [0.4, 0.5) is 0 Å². The second-order valence-electron chi connectivity index (χ2n) is 7.17. The first-order valence-corrected chi connectivity index (χ1v) is 11.3. The molecule has 166 valence electrons. The van der Waals surface area contributed by atoms with Crippen LogP contribution in [0.3, 0.4) is 0 Å². The zero-order valence-electron chi connectivity index (χ0n) is 17.4. The summed E-state index contributed by atoms with van der Waals surface area (Å²) in [6, 6.07) is 17.0. The highest BCUT2D eigenvalue weighted by Gasteiger charge is 2.14. The smallest absolute Gasteiger partial charge is 0.180 e. The second kappa shape index (κ2) is 10.5. The SMILES string of the molecule is CCOc1cc(CNCc2nc3ccccc3[nH]2)cc(Cl)c1OCc1ccc(Cl)cc1Cl. The minimum Gasteiger partial charge on any atom is -0.490 e. The molecule has 8 heteroatoms. The molecule has 0 saturated heterocycles. The third kappa shape index (κ3) is 5.48. The quantitative estimate of drug-likeness (QED) is 0.271. The van der Waals surface area contributed by atoms with Crippen molar-refractivity contribution >= 4 is 45.8 Å². The second-order valence-corrected chi connectivity index (χ2v) is 8.42. The predicted octanol–water partition coefficient (Wildman–Crippen LogP) is 6.79. The van der Waals surface area contributed by atoms with Gasteiger partial charge in [-0.3, -0.25) is 0 Å². The first kappa shape index (κ1) is 22.7. The number of fused-ring (bicyclic) bond motifs is 1. The van der Waals surface area contributed by atoms with Gasteiger partial charge in [-0.05, 0) is 48.9 Å². The molecule has 0 aliphatic rings. The molecule has 1 heterocycles. The molecule has 0 unspecified atom stereocenters. The number of ether oxygens (including phenoxy) is 2. The maximum atomic E-state index is 6.55. The van der Waals surface area contributed by atoms with Crippen LogP contribution >= 0.6 is 34.8 Å². The minimum absolute atomic E-state index is 0.249. The van der Waals surface area contributed by atoms with Gasteiger partial charge >= 0.3 is 0 Å². The highest BCUT2D eigenvalue weighted by molar-refractivity contribution is 6.35.